The summed E-state index contributed by atoms with van der Waals surface area (Å²) in [5.74, 6) is 2.98. The van der Waals surface area contributed by atoms with Gasteiger partial charge in [0.25, 0.3) is 0 Å². The molecule has 0 amide bonds. The molecule has 0 aliphatic heterocycles. The van der Waals surface area contributed by atoms with Crippen LogP contribution in [0.15, 0.2) is 23.3 Å². The summed E-state index contributed by atoms with van der Waals surface area (Å²) in [4.78, 5) is 0. The minimum Gasteiger partial charge on any atom is -0.447 e. The molecule has 0 bridgehead atoms. The average Bonchev–Trinajstić information content (AvgIpc) is 2.19. The lowest BCUT2D eigenvalue weighted by Gasteiger charge is -1.94. The number of hydrogen-bond acceptors (Lipinski definition) is 1. The largest absolute Gasteiger partial charge is 0.447 e. The molecule has 0 saturated carbocycles. The average molecular weight is 206 g/mol. The molecular formula is C14H22O. The maximum absolute atomic E-state index is 4.94. The van der Waals surface area contributed by atoms with Gasteiger partial charge < -0.3 is 4.74 Å². The predicted molar refractivity (Wildman–Crippen MR) is 66.4 cm³/mol. The third kappa shape index (κ3) is 10.8. The fraction of sp³-hybridized carbons (Fsp3) is 0.571. The Balaban J connectivity index is 3.71. The van der Waals surface area contributed by atoms with Crippen molar-refractivity contribution in [2.24, 2.45) is 0 Å². The van der Waals surface area contributed by atoms with Crippen LogP contribution in [0.25, 0.3) is 0 Å². The standard InChI is InChI=1S/C14H22O/c1-5-15-12-8-11-14(4)10-7-6-9-13(2)3/h9-10H,5-7,11H2,1-4H3/b14-10+. The quantitative estimate of drug-likeness (QED) is 0.374. The van der Waals surface area contributed by atoms with Gasteiger partial charge in [0.1, 0.15) is 6.11 Å². The van der Waals surface area contributed by atoms with Crippen LogP contribution in [0.1, 0.15) is 47.0 Å². The number of allylic oxidation sites excluding steroid dienone is 4. The molecule has 0 aliphatic rings. The lowest BCUT2D eigenvalue weighted by Crippen LogP contribution is -1.79. The minimum absolute atomic E-state index is 0.663. The molecular weight excluding hydrogens is 184 g/mol. The maximum Gasteiger partial charge on any atom is 0.110 e. The molecule has 0 aliphatic carbocycles. The molecule has 15 heavy (non-hydrogen) atoms. The second-order valence-corrected chi connectivity index (χ2v) is 3.80. The Bertz CT molecular complexity index is 269. The lowest BCUT2D eigenvalue weighted by atomic mass is 10.1. The first-order valence-corrected chi connectivity index (χ1v) is 5.55. The third-order valence-corrected chi connectivity index (χ3v) is 1.87. The molecule has 0 saturated heterocycles. The highest BCUT2D eigenvalue weighted by atomic mass is 16.5. The van der Waals surface area contributed by atoms with Crippen molar-refractivity contribution in [3.63, 3.8) is 0 Å². The first kappa shape index (κ1) is 13.8. The molecule has 1 nitrogen and oxygen atoms in total. The summed E-state index contributed by atoms with van der Waals surface area (Å²) in [6.45, 7) is 8.98. The van der Waals surface area contributed by atoms with Gasteiger partial charge in [-0.2, -0.15) is 0 Å². The molecule has 0 unspecified atom stereocenters. The van der Waals surface area contributed by atoms with Crippen molar-refractivity contribution in [3.05, 3.63) is 23.3 Å². The fourth-order valence-corrected chi connectivity index (χ4v) is 1.07. The molecule has 1 heteroatoms. The Kier molecular flexibility index (Phi) is 8.67. The second-order valence-electron chi connectivity index (χ2n) is 3.80. The van der Waals surface area contributed by atoms with Gasteiger partial charge in [0.05, 0.1) is 6.61 Å². The van der Waals surface area contributed by atoms with E-state index in [2.05, 4.69) is 45.0 Å². The Morgan fingerprint density at radius 3 is 2.40 bits per heavy atom. The summed E-state index contributed by atoms with van der Waals surface area (Å²) in [6.07, 6.45) is 10.2. The van der Waals surface area contributed by atoms with Crippen LogP contribution < -0.4 is 0 Å². The zero-order valence-electron chi connectivity index (χ0n) is 10.4. The van der Waals surface area contributed by atoms with E-state index in [0.29, 0.717) is 6.61 Å². The number of unbranched alkanes of at least 4 members (excludes halogenated alkanes) is 1. The first-order chi connectivity index (χ1) is 7.16. The zero-order valence-corrected chi connectivity index (χ0v) is 10.4. The normalized spacial score (nSPS) is 10.3. The van der Waals surface area contributed by atoms with Gasteiger partial charge in [0.15, 0.2) is 0 Å². The molecule has 0 aromatic carbocycles. The van der Waals surface area contributed by atoms with Crippen molar-refractivity contribution in [2.45, 2.75) is 47.0 Å². The van der Waals surface area contributed by atoms with Crippen molar-refractivity contribution in [1.29, 1.82) is 0 Å². The van der Waals surface area contributed by atoms with Gasteiger partial charge in [-0.15, -0.1) is 0 Å². The van der Waals surface area contributed by atoms with Gasteiger partial charge in [-0.3, -0.25) is 0 Å². The summed E-state index contributed by atoms with van der Waals surface area (Å²) in [5.41, 5.74) is 2.71. The monoisotopic (exact) mass is 206 g/mol. The Hall–Kier alpha value is -1.16. The summed E-state index contributed by atoms with van der Waals surface area (Å²) in [5, 5.41) is 0. The summed E-state index contributed by atoms with van der Waals surface area (Å²) < 4.78 is 4.94. The van der Waals surface area contributed by atoms with Crippen LogP contribution in [0.2, 0.25) is 0 Å². The van der Waals surface area contributed by atoms with E-state index < -0.39 is 0 Å². The molecule has 0 aromatic heterocycles. The van der Waals surface area contributed by atoms with Crippen LogP contribution >= 0.6 is 0 Å². The van der Waals surface area contributed by atoms with E-state index in [1.54, 1.807) is 0 Å². The van der Waals surface area contributed by atoms with E-state index in [0.717, 1.165) is 19.3 Å². The third-order valence-electron chi connectivity index (χ3n) is 1.87. The van der Waals surface area contributed by atoms with E-state index in [9.17, 15) is 0 Å². The van der Waals surface area contributed by atoms with Gasteiger partial charge in [-0.1, -0.05) is 29.2 Å². The van der Waals surface area contributed by atoms with Crippen molar-refractivity contribution in [1.82, 2.24) is 0 Å². The molecule has 0 rings (SSSR count). The molecule has 0 fully saturated rings. The van der Waals surface area contributed by atoms with Crippen molar-refractivity contribution >= 4 is 0 Å². The van der Waals surface area contributed by atoms with E-state index in [1.165, 1.54) is 11.1 Å². The number of hydrogen-bond donors (Lipinski definition) is 0. The molecule has 0 atom stereocenters. The van der Waals surface area contributed by atoms with E-state index in [-0.39, 0.29) is 0 Å². The minimum atomic E-state index is 0.663. The summed E-state index contributed by atoms with van der Waals surface area (Å²) >= 11 is 0. The first-order valence-electron chi connectivity index (χ1n) is 5.55. The van der Waals surface area contributed by atoms with Crippen LogP contribution in [-0.4, -0.2) is 6.61 Å². The van der Waals surface area contributed by atoms with Gasteiger partial charge in [-0.05, 0) is 40.5 Å². The lowest BCUT2D eigenvalue weighted by molar-refractivity contribution is 0.299. The molecule has 0 heterocycles. The smallest absolute Gasteiger partial charge is 0.110 e. The van der Waals surface area contributed by atoms with Gasteiger partial charge in [0.2, 0.25) is 0 Å². The molecule has 0 spiro atoms. The van der Waals surface area contributed by atoms with Crippen molar-refractivity contribution in [3.8, 4) is 12.0 Å². The zero-order chi connectivity index (χ0) is 11.5. The highest BCUT2D eigenvalue weighted by Gasteiger charge is 1.85. The Labute approximate surface area is 94.2 Å². The SMILES string of the molecule is CCOC#CC/C(C)=C/CCC=C(C)C. The van der Waals surface area contributed by atoms with Crippen LogP contribution in [0, 0.1) is 12.0 Å². The van der Waals surface area contributed by atoms with Gasteiger partial charge >= 0.3 is 0 Å². The van der Waals surface area contributed by atoms with Crippen molar-refractivity contribution < 1.29 is 4.74 Å². The molecule has 0 aromatic rings. The van der Waals surface area contributed by atoms with Crippen molar-refractivity contribution in [2.75, 3.05) is 6.61 Å². The van der Waals surface area contributed by atoms with Crippen LogP contribution in [0.3, 0.4) is 0 Å². The van der Waals surface area contributed by atoms with Crippen LogP contribution in [-0.2, 0) is 4.74 Å². The molecule has 84 valence electrons. The van der Waals surface area contributed by atoms with Crippen LogP contribution in [0.4, 0.5) is 0 Å². The van der Waals surface area contributed by atoms with Gasteiger partial charge in [0, 0.05) is 6.42 Å². The number of ether oxygens (including phenoxy) is 1. The Morgan fingerprint density at radius 1 is 1.13 bits per heavy atom. The van der Waals surface area contributed by atoms with E-state index in [4.69, 9.17) is 4.74 Å². The Morgan fingerprint density at radius 2 is 1.80 bits per heavy atom. The van der Waals surface area contributed by atoms with Crippen LogP contribution in [0.5, 0.6) is 0 Å². The highest BCUT2D eigenvalue weighted by molar-refractivity contribution is 5.10. The topological polar surface area (TPSA) is 9.23 Å². The fourth-order valence-electron chi connectivity index (χ4n) is 1.07. The predicted octanol–water partition coefficient (Wildman–Crippen LogP) is 4.07. The number of rotatable bonds is 5. The van der Waals surface area contributed by atoms with E-state index >= 15 is 0 Å². The van der Waals surface area contributed by atoms with E-state index in [1.807, 2.05) is 6.92 Å². The maximum atomic E-state index is 4.94. The summed E-state index contributed by atoms with van der Waals surface area (Å²) in [7, 11) is 0. The molecule has 0 radical (unpaired) electrons. The molecule has 0 N–H and O–H groups in total. The van der Waals surface area contributed by atoms with Gasteiger partial charge in [-0.25, -0.2) is 0 Å². The summed E-state index contributed by atoms with van der Waals surface area (Å²) in [6, 6.07) is 0. The second kappa shape index (κ2) is 9.40. The highest BCUT2D eigenvalue weighted by Crippen LogP contribution is 2.04.